The molecule has 1 heterocycles. The van der Waals surface area contributed by atoms with Crippen molar-refractivity contribution in [3.05, 3.63) is 59.5 Å². The van der Waals surface area contributed by atoms with Crippen LogP contribution in [-0.2, 0) is 12.0 Å². The lowest BCUT2D eigenvalue weighted by molar-refractivity contribution is 0.607. The number of hydrogen-bond donors (Lipinski definition) is 2. The third kappa shape index (κ3) is 4.12. The van der Waals surface area contributed by atoms with Crippen LogP contribution in [0.3, 0.4) is 0 Å². The van der Waals surface area contributed by atoms with Gasteiger partial charge in [0, 0.05) is 51.4 Å². The Kier molecular flexibility index (Phi) is 5.40. The molecule has 0 radical (unpaired) electrons. The van der Waals surface area contributed by atoms with Gasteiger partial charge in [-0.05, 0) is 36.6 Å². The van der Waals surface area contributed by atoms with Crippen LogP contribution in [0.15, 0.2) is 47.6 Å². The lowest BCUT2D eigenvalue weighted by Gasteiger charge is -2.20. The fourth-order valence-electron chi connectivity index (χ4n) is 3.16. The van der Waals surface area contributed by atoms with Crippen LogP contribution in [0, 0.1) is 5.82 Å². The first kappa shape index (κ1) is 18.2. The van der Waals surface area contributed by atoms with E-state index in [4.69, 9.17) is 0 Å². The summed E-state index contributed by atoms with van der Waals surface area (Å²) in [5.41, 5.74) is 2.18. The van der Waals surface area contributed by atoms with Crippen LogP contribution in [0.25, 0.3) is 0 Å². The molecule has 1 aliphatic rings. The molecule has 6 heteroatoms. The van der Waals surface area contributed by atoms with Crippen LogP contribution in [0.4, 0.5) is 10.2 Å². The Hall–Kier alpha value is -2.63. The summed E-state index contributed by atoms with van der Waals surface area (Å²) in [4.78, 5) is 10.7. The Morgan fingerprint density at radius 2 is 2.04 bits per heavy atom. The first-order chi connectivity index (χ1) is 12.5. The van der Waals surface area contributed by atoms with Crippen LogP contribution in [0.1, 0.15) is 24.0 Å². The maximum absolute atomic E-state index is 13.5. The number of aromatic nitrogens is 1. The van der Waals surface area contributed by atoms with E-state index in [0.717, 1.165) is 42.3 Å². The van der Waals surface area contributed by atoms with E-state index >= 15 is 0 Å². The SMILES string of the molecule is CN=C(NCc1cccnc1N(C)C)NCC1(c2cccc(F)c2)CC1. The molecule has 0 spiro atoms. The fourth-order valence-corrected chi connectivity index (χ4v) is 3.16. The molecule has 1 aromatic heterocycles. The zero-order valence-electron chi connectivity index (χ0n) is 15.6. The van der Waals surface area contributed by atoms with Gasteiger partial charge in [0.15, 0.2) is 5.96 Å². The molecule has 138 valence electrons. The minimum Gasteiger partial charge on any atom is -0.362 e. The third-order valence-electron chi connectivity index (χ3n) is 4.85. The Balaban J connectivity index is 1.59. The number of hydrogen-bond acceptors (Lipinski definition) is 3. The number of aliphatic imine (C=N–C) groups is 1. The van der Waals surface area contributed by atoms with Gasteiger partial charge in [0.1, 0.15) is 11.6 Å². The summed E-state index contributed by atoms with van der Waals surface area (Å²) in [6.45, 7) is 1.37. The number of pyridine rings is 1. The summed E-state index contributed by atoms with van der Waals surface area (Å²) in [5, 5.41) is 6.73. The molecule has 3 rings (SSSR count). The molecule has 0 bridgehead atoms. The highest BCUT2D eigenvalue weighted by Crippen LogP contribution is 2.47. The first-order valence-electron chi connectivity index (χ1n) is 8.86. The van der Waals surface area contributed by atoms with Crippen molar-refractivity contribution in [1.29, 1.82) is 0 Å². The molecule has 1 saturated carbocycles. The molecule has 2 N–H and O–H groups in total. The Morgan fingerprint density at radius 3 is 2.69 bits per heavy atom. The van der Waals surface area contributed by atoms with E-state index in [2.05, 4.69) is 26.7 Å². The Morgan fingerprint density at radius 1 is 1.23 bits per heavy atom. The number of guanidine groups is 1. The van der Waals surface area contributed by atoms with Crippen LogP contribution in [0.5, 0.6) is 0 Å². The summed E-state index contributed by atoms with van der Waals surface area (Å²) in [6, 6.07) is 10.9. The molecular weight excluding hydrogens is 329 g/mol. The molecular formula is C20H26FN5. The normalized spacial score (nSPS) is 15.5. The van der Waals surface area contributed by atoms with E-state index < -0.39 is 0 Å². The standard InChI is InChI=1S/C20H26FN5/c1-22-19(24-13-15-6-5-11-23-18(15)26(2)3)25-14-20(9-10-20)16-7-4-8-17(21)12-16/h4-8,11-12H,9-10,13-14H2,1-3H3,(H2,22,24,25). The van der Waals surface area contributed by atoms with E-state index in [9.17, 15) is 4.39 Å². The van der Waals surface area contributed by atoms with Crippen molar-refractivity contribution < 1.29 is 4.39 Å². The predicted molar refractivity (Wildman–Crippen MR) is 104 cm³/mol. The number of halogens is 1. The zero-order valence-corrected chi connectivity index (χ0v) is 15.6. The monoisotopic (exact) mass is 355 g/mol. The van der Waals surface area contributed by atoms with Gasteiger partial charge in [0.2, 0.25) is 0 Å². The Bertz CT molecular complexity index is 783. The number of benzene rings is 1. The molecule has 0 atom stereocenters. The molecule has 0 unspecified atom stereocenters. The molecule has 0 saturated heterocycles. The summed E-state index contributed by atoms with van der Waals surface area (Å²) in [7, 11) is 5.72. The third-order valence-corrected chi connectivity index (χ3v) is 4.85. The van der Waals surface area contributed by atoms with Gasteiger partial charge in [-0.1, -0.05) is 18.2 Å². The van der Waals surface area contributed by atoms with E-state index in [1.807, 2.05) is 31.1 Å². The zero-order chi connectivity index (χ0) is 18.6. The van der Waals surface area contributed by atoms with E-state index in [0.29, 0.717) is 6.54 Å². The van der Waals surface area contributed by atoms with Crippen molar-refractivity contribution in [1.82, 2.24) is 15.6 Å². The molecule has 2 aromatic rings. The van der Waals surface area contributed by atoms with Gasteiger partial charge in [-0.15, -0.1) is 0 Å². The van der Waals surface area contributed by atoms with Gasteiger partial charge in [-0.2, -0.15) is 0 Å². The predicted octanol–water partition coefficient (Wildman–Crippen LogP) is 2.68. The molecule has 1 aliphatic carbocycles. The fraction of sp³-hybridized carbons (Fsp3) is 0.400. The second-order valence-corrected chi connectivity index (χ2v) is 6.95. The highest BCUT2D eigenvalue weighted by molar-refractivity contribution is 5.80. The van der Waals surface area contributed by atoms with Crippen molar-refractivity contribution in [3.63, 3.8) is 0 Å². The van der Waals surface area contributed by atoms with Gasteiger partial charge in [-0.25, -0.2) is 9.37 Å². The lowest BCUT2D eigenvalue weighted by Crippen LogP contribution is -2.41. The summed E-state index contributed by atoms with van der Waals surface area (Å²) < 4.78 is 13.5. The molecule has 1 aromatic carbocycles. The van der Waals surface area contributed by atoms with Crippen molar-refractivity contribution in [2.24, 2.45) is 4.99 Å². The number of rotatable bonds is 6. The van der Waals surface area contributed by atoms with Crippen molar-refractivity contribution in [2.45, 2.75) is 24.8 Å². The maximum atomic E-state index is 13.5. The van der Waals surface area contributed by atoms with Crippen LogP contribution < -0.4 is 15.5 Å². The first-order valence-corrected chi connectivity index (χ1v) is 8.86. The number of nitrogens with zero attached hydrogens (tertiary/aromatic N) is 3. The number of nitrogens with one attached hydrogen (secondary N) is 2. The molecule has 26 heavy (non-hydrogen) atoms. The largest absolute Gasteiger partial charge is 0.362 e. The van der Waals surface area contributed by atoms with Gasteiger partial charge in [0.25, 0.3) is 0 Å². The average Bonchev–Trinajstić information content (AvgIpc) is 3.43. The van der Waals surface area contributed by atoms with Crippen molar-refractivity contribution in [2.75, 3.05) is 32.6 Å². The second kappa shape index (κ2) is 7.72. The molecule has 0 amide bonds. The number of anilines is 1. The maximum Gasteiger partial charge on any atom is 0.191 e. The summed E-state index contributed by atoms with van der Waals surface area (Å²) in [5.74, 6) is 1.50. The van der Waals surface area contributed by atoms with Crippen LogP contribution >= 0.6 is 0 Å². The summed E-state index contributed by atoms with van der Waals surface area (Å²) in [6.07, 6.45) is 3.92. The smallest absolute Gasteiger partial charge is 0.191 e. The van der Waals surface area contributed by atoms with E-state index in [-0.39, 0.29) is 11.2 Å². The summed E-state index contributed by atoms with van der Waals surface area (Å²) >= 11 is 0. The van der Waals surface area contributed by atoms with Gasteiger partial charge in [-0.3, -0.25) is 4.99 Å². The minimum atomic E-state index is -0.177. The highest BCUT2D eigenvalue weighted by Gasteiger charge is 2.44. The van der Waals surface area contributed by atoms with Crippen molar-refractivity contribution >= 4 is 11.8 Å². The highest BCUT2D eigenvalue weighted by atomic mass is 19.1. The Labute approximate surface area is 154 Å². The van der Waals surface area contributed by atoms with Gasteiger partial charge >= 0.3 is 0 Å². The van der Waals surface area contributed by atoms with E-state index in [1.54, 1.807) is 25.4 Å². The molecule has 1 fully saturated rings. The quantitative estimate of drug-likeness (QED) is 0.618. The van der Waals surface area contributed by atoms with Crippen LogP contribution in [-0.4, -0.2) is 38.6 Å². The average molecular weight is 355 g/mol. The molecule has 0 aliphatic heterocycles. The van der Waals surface area contributed by atoms with Gasteiger partial charge in [0.05, 0.1) is 0 Å². The lowest BCUT2D eigenvalue weighted by atomic mass is 9.96. The van der Waals surface area contributed by atoms with E-state index in [1.165, 1.54) is 6.07 Å². The molecule has 5 nitrogen and oxygen atoms in total. The minimum absolute atomic E-state index is 0.0167. The topological polar surface area (TPSA) is 52.6 Å². The second-order valence-electron chi connectivity index (χ2n) is 6.95. The van der Waals surface area contributed by atoms with Gasteiger partial charge < -0.3 is 15.5 Å². The van der Waals surface area contributed by atoms with Crippen molar-refractivity contribution in [3.8, 4) is 0 Å². The van der Waals surface area contributed by atoms with Crippen LogP contribution in [0.2, 0.25) is 0 Å².